The van der Waals surface area contributed by atoms with Gasteiger partial charge in [-0.1, -0.05) is 0 Å². The number of aryl methyl sites for hydroxylation is 1. The first-order valence-corrected chi connectivity index (χ1v) is 11.3. The van der Waals surface area contributed by atoms with Crippen LogP contribution in [0.25, 0.3) is 10.3 Å². The van der Waals surface area contributed by atoms with Gasteiger partial charge in [-0.25, -0.2) is 20.0 Å². The summed E-state index contributed by atoms with van der Waals surface area (Å²) in [7, 11) is 1.97. The van der Waals surface area contributed by atoms with Crippen molar-refractivity contribution in [1.29, 1.82) is 0 Å². The number of fused-ring (bicyclic) bond motifs is 1. The highest BCUT2D eigenvalue weighted by Crippen LogP contribution is 2.30. The number of nitrogens with zero attached hydrogens (tertiary/aromatic N) is 6. The molecule has 1 N–H and O–H groups in total. The van der Waals surface area contributed by atoms with Gasteiger partial charge in [0.1, 0.15) is 15.0 Å². The van der Waals surface area contributed by atoms with Crippen molar-refractivity contribution in [2.45, 2.75) is 26.5 Å². The Hall–Kier alpha value is -2.47. The van der Waals surface area contributed by atoms with Gasteiger partial charge in [0.05, 0.1) is 29.8 Å². The summed E-state index contributed by atoms with van der Waals surface area (Å²) in [5.41, 5.74) is 3.77. The summed E-state index contributed by atoms with van der Waals surface area (Å²) in [4.78, 5) is 24.7. The summed E-state index contributed by atoms with van der Waals surface area (Å²) in [5.74, 6) is 0. The number of thiazole rings is 3. The van der Waals surface area contributed by atoms with Gasteiger partial charge in [-0.05, 0) is 6.92 Å². The molecule has 0 aromatic carbocycles. The zero-order chi connectivity index (χ0) is 20.4. The molecule has 0 aliphatic carbocycles. The Bertz CT molecular complexity index is 1160. The van der Waals surface area contributed by atoms with E-state index in [0.29, 0.717) is 24.4 Å². The molecule has 0 spiro atoms. The second-order valence-corrected chi connectivity index (χ2v) is 9.26. The number of hydrazone groups is 1. The Morgan fingerprint density at radius 1 is 1.28 bits per heavy atom. The molecule has 0 atom stereocenters. The quantitative estimate of drug-likeness (QED) is 0.255. The maximum Gasteiger partial charge on any atom is 0.230 e. The van der Waals surface area contributed by atoms with Crippen molar-refractivity contribution in [3.8, 4) is 0 Å². The lowest BCUT2D eigenvalue weighted by Gasteiger charge is -2.08. The van der Waals surface area contributed by atoms with E-state index in [0.717, 1.165) is 37.3 Å². The van der Waals surface area contributed by atoms with Crippen LogP contribution < -0.4 is 0 Å². The molecule has 0 aliphatic rings. The molecule has 4 aromatic heterocycles. The van der Waals surface area contributed by atoms with Crippen LogP contribution in [0.15, 0.2) is 22.1 Å². The molecule has 4 rings (SSSR count). The second-order valence-electron chi connectivity index (χ2n) is 6.26. The predicted molar refractivity (Wildman–Crippen MR) is 115 cm³/mol. The molecule has 1 amide bonds. The number of aromatic nitrogens is 4. The van der Waals surface area contributed by atoms with Crippen LogP contribution in [0.4, 0.5) is 0 Å². The van der Waals surface area contributed by atoms with Crippen molar-refractivity contribution in [1.82, 2.24) is 24.5 Å². The molecule has 0 saturated heterocycles. The van der Waals surface area contributed by atoms with Gasteiger partial charge < -0.3 is 9.67 Å². The van der Waals surface area contributed by atoms with Crippen LogP contribution in [0.2, 0.25) is 0 Å². The van der Waals surface area contributed by atoms with Gasteiger partial charge in [-0.2, -0.15) is 5.10 Å². The van der Waals surface area contributed by atoms with E-state index in [2.05, 4.69) is 15.1 Å². The van der Waals surface area contributed by atoms with Crippen LogP contribution in [0.1, 0.15) is 32.0 Å². The Morgan fingerprint density at radius 3 is 2.83 bits per heavy atom. The minimum absolute atomic E-state index is 0.0431. The maximum absolute atomic E-state index is 11.4. The third-order valence-electron chi connectivity index (χ3n) is 4.41. The number of rotatable bonds is 8. The molecule has 0 unspecified atom stereocenters. The molecule has 29 heavy (non-hydrogen) atoms. The summed E-state index contributed by atoms with van der Waals surface area (Å²) >= 11 is 4.53. The number of aliphatic hydroxyl groups is 1. The highest BCUT2D eigenvalue weighted by Gasteiger charge is 2.17. The van der Waals surface area contributed by atoms with Crippen LogP contribution >= 0.6 is 34.0 Å². The molecule has 0 bridgehead atoms. The van der Waals surface area contributed by atoms with Gasteiger partial charge in [0.15, 0.2) is 5.65 Å². The fourth-order valence-corrected chi connectivity index (χ4v) is 5.29. The topological polar surface area (TPSA) is 96.5 Å². The van der Waals surface area contributed by atoms with Gasteiger partial charge in [0.2, 0.25) is 6.41 Å². The summed E-state index contributed by atoms with van der Waals surface area (Å²) in [5, 5.41) is 21.2. The largest absolute Gasteiger partial charge is 0.389 e. The number of aliphatic hydroxyl groups excluding tert-OH is 1. The molecule has 8 nitrogen and oxygen atoms in total. The highest BCUT2D eigenvalue weighted by atomic mass is 32.1. The second kappa shape index (κ2) is 8.49. The molecule has 150 valence electrons. The molecule has 4 heterocycles. The minimum atomic E-state index is -0.0431. The van der Waals surface area contributed by atoms with E-state index < -0.39 is 0 Å². The number of amides is 1. The number of carbonyl (C=O) groups is 1. The molecule has 0 radical (unpaired) electrons. The van der Waals surface area contributed by atoms with E-state index in [1.54, 1.807) is 23.7 Å². The predicted octanol–water partition coefficient (Wildman–Crippen LogP) is 2.93. The van der Waals surface area contributed by atoms with E-state index in [-0.39, 0.29) is 6.61 Å². The lowest BCUT2D eigenvalue weighted by Crippen LogP contribution is -2.14. The first-order chi connectivity index (χ1) is 14.1. The monoisotopic (exact) mass is 446 g/mol. The molecule has 11 heteroatoms. The van der Waals surface area contributed by atoms with Gasteiger partial charge >= 0.3 is 0 Å². The van der Waals surface area contributed by atoms with Gasteiger partial charge in [-0.3, -0.25) is 4.79 Å². The highest BCUT2D eigenvalue weighted by molar-refractivity contribution is 7.19. The Balaban J connectivity index is 1.60. The molecule has 4 aromatic rings. The zero-order valence-corrected chi connectivity index (χ0v) is 18.2. The fraction of sp³-hybridized carbons (Fsp3) is 0.278. The standard InChI is InChI=1S/C18H18N6O2S3/c1-11-13(6-20-24(10-26)7-15-19-3-4-27-15)17-18(23(11)2)22-14(29-17)5-12-9-28-16(8-25)21-12/h3-4,6,9-10,25H,5,7-8H2,1-2H3/b20-6-. The van der Waals surface area contributed by atoms with Crippen molar-refractivity contribution in [3.05, 3.63) is 48.9 Å². The van der Waals surface area contributed by atoms with Crippen LogP contribution in [-0.2, 0) is 31.4 Å². The molecular formula is C18H18N6O2S3. The minimum Gasteiger partial charge on any atom is -0.389 e. The third-order valence-corrected chi connectivity index (χ3v) is 7.14. The molecular weight excluding hydrogens is 428 g/mol. The van der Waals surface area contributed by atoms with Crippen molar-refractivity contribution in [2.24, 2.45) is 12.1 Å². The van der Waals surface area contributed by atoms with E-state index in [1.807, 2.05) is 29.3 Å². The van der Waals surface area contributed by atoms with Gasteiger partial charge in [-0.15, -0.1) is 34.0 Å². The number of hydrogen-bond donors (Lipinski definition) is 1. The normalized spacial score (nSPS) is 11.7. The van der Waals surface area contributed by atoms with Crippen LogP contribution in [0.3, 0.4) is 0 Å². The first-order valence-electron chi connectivity index (χ1n) is 8.72. The van der Waals surface area contributed by atoms with E-state index >= 15 is 0 Å². The Labute approximate surface area is 178 Å². The third kappa shape index (κ3) is 4.13. The number of hydrogen-bond acceptors (Lipinski definition) is 9. The van der Waals surface area contributed by atoms with Crippen molar-refractivity contribution < 1.29 is 9.90 Å². The first kappa shape index (κ1) is 19.8. The van der Waals surface area contributed by atoms with Crippen molar-refractivity contribution in [2.75, 3.05) is 0 Å². The average Bonchev–Trinajstić information content (AvgIpc) is 3.50. The lowest BCUT2D eigenvalue weighted by molar-refractivity contribution is -0.118. The summed E-state index contributed by atoms with van der Waals surface area (Å²) in [6.07, 6.45) is 4.75. The van der Waals surface area contributed by atoms with E-state index in [4.69, 9.17) is 4.98 Å². The Morgan fingerprint density at radius 2 is 2.14 bits per heavy atom. The van der Waals surface area contributed by atoms with Gasteiger partial charge in [0.25, 0.3) is 0 Å². The SMILES string of the molecule is Cc1c(/C=N\N(C=O)Cc2nccs2)c2sc(Cc3csc(CO)n3)nc2n1C. The fourth-order valence-electron chi connectivity index (χ4n) is 2.85. The molecule has 0 saturated carbocycles. The van der Waals surface area contributed by atoms with Gasteiger partial charge in [0, 0.05) is 41.7 Å². The van der Waals surface area contributed by atoms with Crippen LogP contribution in [-0.4, -0.2) is 42.3 Å². The smallest absolute Gasteiger partial charge is 0.230 e. The van der Waals surface area contributed by atoms with E-state index in [1.165, 1.54) is 27.7 Å². The maximum atomic E-state index is 11.4. The summed E-state index contributed by atoms with van der Waals surface area (Å²) in [6.45, 7) is 2.31. The summed E-state index contributed by atoms with van der Waals surface area (Å²) in [6, 6.07) is 0. The van der Waals surface area contributed by atoms with Crippen molar-refractivity contribution >= 4 is 57.0 Å². The molecule has 0 aliphatic heterocycles. The van der Waals surface area contributed by atoms with Crippen LogP contribution in [0, 0.1) is 6.92 Å². The average molecular weight is 447 g/mol. The lowest BCUT2D eigenvalue weighted by atomic mass is 10.3. The Kier molecular flexibility index (Phi) is 5.81. The zero-order valence-electron chi connectivity index (χ0n) is 15.8. The van der Waals surface area contributed by atoms with Crippen LogP contribution in [0.5, 0.6) is 0 Å². The summed E-state index contributed by atoms with van der Waals surface area (Å²) < 4.78 is 3.06. The number of carbonyl (C=O) groups excluding carboxylic acids is 1. The van der Waals surface area contributed by atoms with E-state index in [9.17, 15) is 9.90 Å². The molecule has 0 fully saturated rings. The van der Waals surface area contributed by atoms with Crippen molar-refractivity contribution in [3.63, 3.8) is 0 Å².